The SMILES string of the molecule is CC(C)N(Cc1ccc(C#N)cc1)C(=O)Cc1ccccc1[N+](=O)[O-]. The van der Waals surface area contributed by atoms with Gasteiger partial charge in [0.05, 0.1) is 23.0 Å². The maximum absolute atomic E-state index is 12.7. The third-order valence-electron chi connectivity index (χ3n) is 3.91. The van der Waals surface area contributed by atoms with E-state index in [1.807, 2.05) is 26.0 Å². The summed E-state index contributed by atoms with van der Waals surface area (Å²) < 4.78 is 0. The molecule has 0 atom stereocenters. The number of para-hydroxylation sites is 1. The van der Waals surface area contributed by atoms with Crippen LogP contribution < -0.4 is 0 Å². The lowest BCUT2D eigenvalue weighted by Crippen LogP contribution is -2.37. The molecule has 0 aliphatic rings. The molecule has 6 nitrogen and oxygen atoms in total. The Morgan fingerprint density at radius 1 is 1.20 bits per heavy atom. The number of benzene rings is 2. The van der Waals surface area contributed by atoms with E-state index in [1.165, 1.54) is 6.07 Å². The molecular formula is C19H19N3O3. The number of hydrogen-bond acceptors (Lipinski definition) is 4. The molecule has 0 saturated carbocycles. The number of hydrogen-bond donors (Lipinski definition) is 0. The lowest BCUT2D eigenvalue weighted by atomic mass is 10.1. The molecule has 0 saturated heterocycles. The highest BCUT2D eigenvalue weighted by Gasteiger charge is 2.21. The summed E-state index contributed by atoms with van der Waals surface area (Å²) in [5.41, 5.74) is 1.83. The van der Waals surface area contributed by atoms with Crippen molar-refractivity contribution in [3.8, 4) is 6.07 Å². The molecule has 0 aliphatic heterocycles. The minimum atomic E-state index is -0.469. The molecule has 0 aliphatic carbocycles. The van der Waals surface area contributed by atoms with Crippen LogP contribution in [0.15, 0.2) is 48.5 Å². The van der Waals surface area contributed by atoms with Gasteiger partial charge in [0.1, 0.15) is 0 Å². The maximum Gasteiger partial charge on any atom is 0.273 e. The molecule has 0 fully saturated rings. The van der Waals surface area contributed by atoms with Crippen molar-refractivity contribution in [2.45, 2.75) is 32.9 Å². The van der Waals surface area contributed by atoms with E-state index in [0.717, 1.165) is 5.56 Å². The van der Waals surface area contributed by atoms with Gasteiger partial charge in [-0.25, -0.2) is 0 Å². The molecule has 0 N–H and O–H groups in total. The average Bonchev–Trinajstić information content (AvgIpc) is 2.60. The summed E-state index contributed by atoms with van der Waals surface area (Å²) >= 11 is 0. The largest absolute Gasteiger partial charge is 0.336 e. The van der Waals surface area contributed by atoms with Gasteiger partial charge in [-0.15, -0.1) is 0 Å². The van der Waals surface area contributed by atoms with Crippen molar-refractivity contribution >= 4 is 11.6 Å². The van der Waals surface area contributed by atoms with Crippen LogP contribution in [0, 0.1) is 21.4 Å². The summed E-state index contributed by atoms with van der Waals surface area (Å²) in [7, 11) is 0. The summed E-state index contributed by atoms with van der Waals surface area (Å²) in [6.07, 6.45) is -0.0222. The predicted molar refractivity (Wildman–Crippen MR) is 93.6 cm³/mol. The molecule has 0 radical (unpaired) electrons. The Morgan fingerprint density at radius 2 is 1.84 bits per heavy atom. The van der Waals surface area contributed by atoms with Crippen LogP contribution in [0.2, 0.25) is 0 Å². The first-order valence-electron chi connectivity index (χ1n) is 7.93. The summed E-state index contributed by atoms with van der Waals surface area (Å²) in [5, 5.41) is 20.0. The second-order valence-electron chi connectivity index (χ2n) is 5.99. The van der Waals surface area contributed by atoms with Crippen molar-refractivity contribution in [3.63, 3.8) is 0 Å². The Hall–Kier alpha value is -3.20. The van der Waals surface area contributed by atoms with E-state index in [-0.39, 0.29) is 24.1 Å². The lowest BCUT2D eigenvalue weighted by molar-refractivity contribution is -0.385. The topological polar surface area (TPSA) is 87.2 Å². The molecule has 2 aromatic rings. The summed E-state index contributed by atoms with van der Waals surface area (Å²) in [6.45, 7) is 4.20. The number of carbonyl (C=O) groups is 1. The van der Waals surface area contributed by atoms with Crippen molar-refractivity contribution in [2.24, 2.45) is 0 Å². The van der Waals surface area contributed by atoms with Crippen molar-refractivity contribution < 1.29 is 9.72 Å². The summed E-state index contributed by atoms with van der Waals surface area (Å²) in [6, 6.07) is 15.3. The number of carbonyl (C=O) groups excluding carboxylic acids is 1. The van der Waals surface area contributed by atoms with Gasteiger partial charge < -0.3 is 4.90 Å². The van der Waals surface area contributed by atoms with Gasteiger partial charge in [0.25, 0.3) is 5.69 Å². The molecule has 6 heteroatoms. The fourth-order valence-corrected chi connectivity index (χ4v) is 2.54. The van der Waals surface area contributed by atoms with E-state index in [1.54, 1.807) is 35.2 Å². The molecule has 25 heavy (non-hydrogen) atoms. The maximum atomic E-state index is 12.7. The van der Waals surface area contributed by atoms with Crippen LogP contribution in [-0.4, -0.2) is 21.8 Å². The van der Waals surface area contributed by atoms with Gasteiger partial charge in [0, 0.05) is 24.2 Å². The molecule has 128 valence electrons. The second kappa shape index (κ2) is 8.06. The van der Waals surface area contributed by atoms with E-state index in [0.29, 0.717) is 17.7 Å². The smallest absolute Gasteiger partial charge is 0.273 e. The standard InChI is InChI=1S/C19H19N3O3/c1-14(2)21(13-16-9-7-15(12-20)8-10-16)19(23)11-17-5-3-4-6-18(17)22(24)25/h3-10,14H,11,13H2,1-2H3. The van der Waals surface area contributed by atoms with Gasteiger partial charge in [-0.05, 0) is 31.5 Å². The monoisotopic (exact) mass is 337 g/mol. The van der Waals surface area contributed by atoms with Gasteiger partial charge in [-0.3, -0.25) is 14.9 Å². The first-order valence-corrected chi connectivity index (χ1v) is 7.93. The van der Waals surface area contributed by atoms with Crippen LogP contribution in [0.5, 0.6) is 0 Å². The summed E-state index contributed by atoms with van der Waals surface area (Å²) in [5.74, 6) is -0.173. The number of nitriles is 1. The van der Waals surface area contributed by atoms with Gasteiger partial charge in [-0.1, -0.05) is 30.3 Å². The first-order chi connectivity index (χ1) is 11.9. The number of nitro benzene ring substituents is 1. The second-order valence-corrected chi connectivity index (χ2v) is 5.99. The van der Waals surface area contributed by atoms with Crippen molar-refractivity contribution in [3.05, 3.63) is 75.3 Å². The number of nitro groups is 1. The van der Waals surface area contributed by atoms with Crippen molar-refractivity contribution in [2.75, 3.05) is 0 Å². The zero-order chi connectivity index (χ0) is 18.4. The van der Waals surface area contributed by atoms with Crippen molar-refractivity contribution in [1.29, 1.82) is 5.26 Å². The molecule has 0 spiro atoms. The van der Waals surface area contributed by atoms with Crippen LogP contribution in [0.1, 0.15) is 30.5 Å². The van der Waals surface area contributed by atoms with E-state index < -0.39 is 4.92 Å². The Labute approximate surface area is 146 Å². The molecule has 2 rings (SSSR count). The summed E-state index contributed by atoms with van der Waals surface area (Å²) in [4.78, 5) is 25.0. The number of nitrogens with zero attached hydrogens (tertiary/aromatic N) is 3. The number of rotatable bonds is 6. The number of amides is 1. The normalized spacial score (nSPS) is 10.3. The fraction of sp³-hybridized carbons (Fsp3) is 0.263. The lowest BCUT2D eigenvalue weighted by Gasteiger charge is -2.27. The van der Waals surface area contributed by atoms with Crippen LogP contribution in [0.25, 0.3) is 0 Å². The van der Waals surface area contributed by atoms with E-state index in [2.05, 4.69) is 6.07 Å². The zero-order valence-electron chi connectivity index (χ0n) is 14.2. The molecule has 0 heterocycles. The quantitative estimate of drug-likeness (QED) is 0.596. The van der Waals surface area contributed by atoms with Crippen LogP contribution in [0.3, 0.4) is 0 Å². The minimum absolute atomic E-state index is 0.0222. The van der Waals surface area contributed by atoms with Crippen LogP contribution in [0.4, 0.5) is 5.69 Å². The average molecular weight is 337 g/mol. The van der Waals surface area contributed by atoms with E-state index in [9.17, 15) is 14.9 Å². The molecule has 0 unspecified atom stereocenters. The molecular weight excluding hydrogens is 318 g/mol. The van der Waals surface area contributed by atoms with Crippen LogP contribution >= 0.6 is 0 Å². The van der Waals surface area contributed by atoms with E-state index in [4.69, 9.17) is 5.26 Å². The molecule has 2 aromatic carbocycles. The Morgan fingerprint density at radius 3 is 2.40 bits per heavy atom. The van der Waals surface area contributed by atoms with Crippen molar-refractivity contribution in [1.82, 2.24) is 4.90 Å². The van der Waals surface area contributed by atoms with Gasteiger partial charge >= 0.3 is 0 Å². The first kappa shape index (κ1) is 18.1. The molecule has 1 amide bonds. The molecule has 0 bridgehead atoms. The highest BCUT2D eigenvalue weighted by molar-refractivity contribution is 5.80. The highest BCUT2D eigenvalue weighted by Crippen LogP contribution is 2.20. The van der Waals surface area contributed by atoms with Gasteiger partial charge in [0.15, 0.2) is 0 Å². The fourth-order valence-electron chi connectivity index (χ4n) is 2.54. The third-order valence-corrected chi connectivity index (χ3v) is 3.91. The highest BCUT2D eigenvalue weighted by atomic mass is 16.6. The predicted octanol–water partition coefficient (Wildman–Crippen LogP) is 3.45. The molecule has 0 aromatic heterocycles. The minimum Gasteiger partial charge on any atom is -0.336 e. The Bertz CT molecular complexity index is 807. The van der Waals surface area contributed by atoms with Crippen LogP contribution in [-0.2, 0) is 17.8 Å². The Kier molecular flexibility index (Phi) is 5.85. The van der Waals surface area contributed by atoms with Gasteiger partial charge in [-0.2, -0.15) is 5.26 Å². The zero-order valence-corrected chi connectivity index (χ0v) is 14.2. The Balaban J connectivity index is 2.18. The third kappa shape index (κ3) is 4.64. The van der Waals surface area contributed by atoms with E-state index >= 15 is 0 Å². The van der Waals surface area contributed by atoms with Gasteiger partial charge in [0.2, 0.25) is 5.91 Å².